The molecule has 2 rings (SSSR count). The maximum atomic E-state index is 12.0. The fourth-order valence-corrected chi connectivity index (χ4v) is 2.91. The van der Waals surface area contributed by atoms with E-state index >= 15 is 0 Å². The quantitative estimate of drug-likeness (QED) is 0.807. The number of amides is 1. The molecule has 1 aliphatic rings. The number of nitrogens with one attached hydrogen (secondary N) is 1. The van der Waals surface area contributed by atoms with Crippen molar-refractivity contribution in [1.82, 2.24) is 5.32 Å². The molecule has 4 nitrogen and oxygen atoms in total. The van der Waals surface area contributed by atoms with Gasteiger partial charge in [0.05, 0.1) is 5.56 Å². The van der Waals surface area contributed by atoms with Crippen LogP contribution in [0.4, 0.5) is 0 Å². The van der Waals surface area contributed by atoms with Gasteiger partial charge in [-0.3, -0.25) is 4.79 Å². The number of hydrogen-bond acceptors (Lipinski definition) is 3. The molecular weight excluding hydrogens is 346 g/mol. The van der Waals surface area contributed by atoms with Crippen molar-refractivity contribution in [3.8, 4) is 0 Å². The Labute approximate surface area is 139 Å². The summed E-state index contributed by atoms with van der Waals surface area (Å²) < 4.78 is 6.10. The van der Waals surface area contributed by atoms with Gasteiger partial charge in [-0.25, -0.2) is 4.79 Å². The molecule has 22 heavy (non-hydrogen) atoms. The Morgan fingerprint density at radius 1 is 1.23 bits per heavy atom. The van der Waals surface area contributed by atoms with Gasteiger partial charge in [0.15, 0.2) is 6.10 Å². The minimum absolute atomic E-state index is 0.226. The highest BCUT2D eigenvalue weighted by Crippen LogP contribution is 2.22. The highest BCUT2D eigenvalue weighted by molar-refractivity contribution is 9.10. The summed E-state index contributed by atoms with van der Waals surface area (Å²) >= 11 is 3.31. The van der Waals surface area contributed by atoms with Crippen LogP contribution in [0.25, 0.3) is 0 Å². The van der Waals surface area contributed by atoms with Crippen molar-refractivity contribution < 1.29 is 14.3 Å². The van der Waals surface area contributed by atoms with Gasteiger partial charge in [0.1, 0.15) is 0 Å². The molecule has 0 saturated heterocycles. The highest BCUT2D eigenvalue weighted by Gasteiger charge is 2.20. The molecule has 5 heteroatoms. The molecule has 0 spiro atoms. The minimum Gasteiger partial charge on any atom is -0.449 e. The minimum atomic E-state index is -0.778. The van der Waals surface area contributed by atoms with Gasteiger partial charge in [-0.2, -0.15) is 0 Å². The normalized spacial score (nSPS) is 16.8. The molecule has 1 N–H and O–H groups in total. The first kappa shape index (κ1) is 17.0. The lowest BCUT2D eigenvalue weighted by molar-refractivity contribution is -0.129. The Kier molecular flexibility index (Phi) is 6.43. The largest absolute Gasteiger partial charge is 0.449 e. The fraction of sp³-hybridized carbons (Fsp3) is 0.529. The molecule has 0 unspecified atom stereocenters. The van der Waals surface area contributed by atoms with E-state index in [0.29, 0.717) is 18.0 Å². The second-order valence-electron chi connectivity index (χ2n) is 5.80. The number of esters is 1. The number of ether oxygens (including phenoxy) is 1. The van der Waals surface area contributed by atoms with E-state index in [1.165, 1.54) is 32.1 Å². The van der Waals surface area contributed by atoms with E-state index in [0.717, 1.165) is 4.47 Å². The molecular formula is C17H22BrNO3. The highest BCUT2D eigenvalue weighted by atomic mass is 79.9. The standard InChI is InChI=1S/C17H22BrNO3/c1-12(16(20)19-11-13-5-3-2-4-6-13)22-17(21)14-7-9-15(18)10-8-14/h7-10,12-13H,2-6,11H2,1H3,(H,19,20)/t12-/m0/s1. The van der Waals surface area contributed by atoms with Crippen LogP contribution < -0.4 is 5.32 Å². The number of rotatable bonds is 5. The van der Waals surface area contributed by atoms with E-state index in [-0.39, 0.29) is 5.91 Å². The van der Waals surface area contributed by atoms with E-state index in [2.05, 4.69) is 21.2 Å². The molecule has 1 atom stereocenters. The van der Waals surface area contributed by atoms with Crippen molar-refractivity contribution in [3.63, 3.8) is 0 Å². The summed E-state index contributed by atoms with van der Waals surface area (Å²) in [5, 5.41) is 2.89. The van der Waals surface area contributed by atoms with Crippen LogP contribution in [0.1, 0.15) is 49.4 Å². The van der Waals surface area contributed by atoms with Gasteiger partial charge in [-0.05, 0) is 49.9 Å². The van der Waals surface area contributed by atoms with Crippen molar-refractivity contribution in [1.29, 1.82) is 0 Å². The van der Waals surface area contributed by atoms with Gasteiger partial charge < -0.3 is 10.1 Å². The van der Waals surface area contributed by atoms with Gasteiger partial charge in [-0.1, -0.05) is 35.2 Å². The van der Waals surface area contributed by atoms with Crippen LogP contribution in [0, 0.1) is 5.92 Å². The summed E-state index contributed by atoms with van der Waals surface area (Å²) in [6, 6.07) is 6.87. The zero-order valence-electron chi connectivity index (χ0n) is 12.8. The molecule has 1 fully saturated rings. The van der Waals surface area contributed by atoms with Gasteiger partial charge in [0.25, 0.3) is 5.91 Å². The maximum absolute atomic E-state index is 12.0. The Balaban J connectivity index is 1.77. The van der Waals surface area contributed by atoms with Crippen molar-refractivity contribution in [3.05, 3.63) is 34.3 Å². The Hall–Kier alpha value is -1.36. The van der Waals surface area contributed by atoms with Crippen molar-refractivity contribution in [2.24, 2.45) is 5.92 Å². The first-order chi connectivity index (χ1) is 10.6. The molecule has 120 valence electrons. The Morgan fingerprint density at radius 3 is 2.50 bits per heavy atom. The van der Waals surface area contributed by atoms with Crippen LogP contribution in [0.15, 0.2) is 28.7 Å². The maximum Gasteiger partial charge on any atom is 0.338 e. The lowest BCUT2D eigenvalue weighted by Crippen LogP contribution is -2.38. The molecule has 0 aliphatic heterocycles. The monoisotopic (exact) mass is 367 g/mol. The summed E-state index contributed by atoms with van der Waals surface area (Å²) in [4.78, 5) is 24.0. The number of carbonyl (C=O) groups excluding carboxylic acids is 2. The van der Waals surface area contributed by atoms with Crippen LogP contribution in [0.5, 0.6) is 0 Å². The van der Waals surface area contributed by atoms with Gasteiger partial charge >= 0.3 is 5.97 Å². The molecule has 0 radical (unpaired) electrons. The van der Waals surface area contributed by atoms with E-state index in [1.54, 1.807) is 31.2 Å². The zero-order valence-corrected chi connectivity index (χ0v) is 14.4. The van der Waals surface area contributed by atoms with Crippen LogP contribution in [0.3, 0.4) is 0 Å². The lowest BCUT2D eigenvalue weighted by atomic mass is 9.89. The predicted octanol–water partition coefficient (Wildman–Crippen LogP) is 3.69. The van der Waals surface area contributed by atoms with Crippen LogP contribution in [-0.2, 0) is 9.53 Å². The molecule has 0 bridgehead atoms. The van der Waals surface area contributed by atoms with Gasteiger partial charge in [0.2, 0.25) is 0 Å². The van der Waals surface area contributed by atoms with E-state index < -0.39 is 12.1 Å². The number of carbonyl (C=O) groups is 2. The molecule has 1 aromatic rings. The second-order valence-corrected chi connectivity index (χ2v) is 6.72. The topological polar surface area (TPSA) is 55.4 Å². The summed E-state index contributed by atoms with van der Waals surface area (Å²) in [5.74, 6) is -0.143. The van der Waals surface area contributed by atoms with Crippen molar-refractivity contribution in [2.75, 3.05) is 6.54 Å². The van der Waals surface area contributed by atoms with Gasteiger partial charge in [-0.15, -0.1) is 0 Å². The number of hydrogen-bond donors (Lipinski definition) is 1. The predicted molar refractivity (Wildman–Crippen MR) is 88.6 cm³/mol. The first-order valence-electron chi connectivity index (χ1n) is 7.80. The average Bonchev–Trinajstić information content (AvgIpc) is 2.54. The fourth-order valence-electron chi connectivity index (χ4n) is 2.65. The summed E-state index contributed by atoms with van der Waals surface area (Å²) in [6.45, 7) is 2.28. The summed E-state index contributed by atoms with van der Waals surface area (Å²) in [7, 11) is 0. The van der Waals surface area contributed by atoms with E-state index in [1.807, 2.05) is 0 Å². The molecule has 0 heterocycles. The van der Waals surface area contributed by atoms with E-state index in [9.17, 15) is 9.59 Å². The third-order valence-corrected chi connectivity index (χ3v) is 4.55. The molecule has 1 amide bonds. The van der Waals surface area contributed by atoms with Gasteiger partial charge in [0, 0.05) is 11.0 Å². The average molecular weight is 368 g/mol. The Bertz CT molecular complexity index is 509. The van der Waals surface area contributed by atoms with E-state index in [4.69, 9.17) is 4.74 Å². The van der Waals surface area contributed by atoms with Crippen LogP contribution in [0.2, 0.25) is 0 Å². The third kappa shape index (κ3) is 5.13. The number of halogens is 1. The molecule has 0 aromatic heterocycles. The third-order valence-electron chi connectivity index (χ3n) is 4.02. The summed E-state index contributed by atoms with van der Waals surface area (Å²) in [6.07, 6.45) is 5.36. The molecule has 1 saturated carbocycles. The lowest BCUT2D eigenvalue weighted by Gasteiger charge is -2.22. The second kappa shape index (κ2) is 8.32. The molecule has 1 aromatic carbocycles. The summed E-state index contributed by atoms with van der Waals surface area (Å²) in [5.41, 5.74) is 0.440. The molecule has 1 aliphatic carbocycles. The van der Waals surface area contributed by atoms with Crippen LogP contribution in [-0.4, -0.2) is 24.5 Å². The zero-order chi connectivity index (χ0) is 15.9. The smallest absolute Gasteiger partial charge is 0.338 e. The van der Waals surface area contributed by atoms with Crippen molar-refractivity contribution in [2.45, 2.75) is 45.1 Å². The van der Waals surface area contributed by atoms with Crippen molar-refractivity contribution >= 4 is 27.8 Å². The Morgan fingerprint density at radius 2 is 1.86 bits per heavy atom. The van der Waals surface area contributed by atoms with Crippen LogP contribution >= 0.6 is 15.9 Å². The number of benzene rings is 1. The first-order valence-corrected chi connectivity index (χ1v) is 8.60. The SMILES string of the molecule is C[C@H](OC(=O)c1ccc(Br)cc1)C(=O)NCC1CCCCC1.